The van der Waals surface area contributed by atoms with E-state index in [1.54, 1.807) is 34.6 Å². The van der Waals surface area contributed by atoms with Crippen LogP contribution in [0.2, 0.25) is 0 Å². The molecule has 37 heavy (non-hydrogen) atoms. The third kappa shape index (κ3) is 7.73. The maximum atomic E-state index is 13.3. The Bertz CT molecular complexity index is 1180. The van der Waals surface area contributed by atoms with Gasteiger partial charge in [0.2, 0.25) is 5.96 Å². The zero-order valence-electron chi connectivity index (χ0n) is 23.2. The molecule has 0 bridgehead atoms. The third-order valence-electron chi connectivity index (χ3n) is 5.91. The highest BCUT2D eigenvalue weighted by molar-refractivity contribution is 7.90. The van der Waals surface area contributed by atoms with Crippen LogP contribution < -0.4 is 20.5 Å². The van der Waals surface area contributed by atoms with Gasteiger partial charge in [-0.1, -0.05) is 0 Å². The van der Waals surface area contributed by atoms with Crippen molar-refractivity contribution in [1.82, 2.24) is 10.0 Å². The number of nitrogens with two attached hydrogens (primary N) is 1. The number of fused-ring (bicyclic) bond motifs is 1. The highest BCUT2D eigenvalue weighted by Crippen LogP contribution is 2.43. The van der Waals surface area contributed by atoms with Crippen LogP contribution in [-0.2, 0) is 30.7 Å². The monoisotopic (exact) mass is 540 g/mol. The summed E-state index contributed by atoms with van der Waals surface area (Å²) in [7, 11) is -2.80. The molecule has 0 aromatic heterocycles. The summed E-state index contributed by atoms with van der Waals surface area (Å²) < 4.78 is 44.9. The molecule has 0 spiro atoms. The Balaban J connectivity index is 2.09. The molecule has 0 aliphatic carbocycles. The molecular weight excluding hydrogens is 500 g/mol. The second-order valence-electron chi connectivity index (χ2n) is 10.8. The molecule has 2 rings (SSSR count). The molecule has 1 aliphatic heterocycles. The summed E-state index contributed by atoms with van der Waals surface area (Å²) in [6, 6.07) is -0.945. The summed E-state index contributed by atoms with van der Waals surface area (Å²) in [5.74, 6) is -0.169. The van der Waals surface area contributed by atoms with Gasteiger partial charge in [-0.3, -0.25) is 4.99 Å². The molecule has 0 saturated carbocycles. The van der Waals surface area contributed by atoms with E-state index in [1.807, 2.05) is 20.8 Å². The summed E-state index contributed by atoms with van der Waals surface area (Å²) in [6.07, 6.45) is 0.358. The zero-order valence-corrected chi connectivity index (χ0v) is 24.0. The molecule has 4 N–H and O–H groups in total. The van der Waals surface area contributed by atoms with Crippen molar-refractivity contribution < 1.29 is 32.2 Å². The van der Waals surface area contributed by atoms with Crippen molar-refractivity contribution in [3.05, 3.63) is 22.3 Å². The number of hydrogen-bond acceptors (Lipinski definition) is 8. The Kier molecular flexibility index (Phi) is 9.11. The number of esters is 1. The fraction of sp³-hybridized carbons (Fsp3) is 0.640. The van der Waals surface area contributed by atoms with Gasteiger partial charge < -0.3 is 25.3 Å². The minimum atomic E-state index is -4.02. The first-order chi connectivity index (χ1) is 16.9. The maximum absolute atomic E-state index is 13.3. The van der Waals surface area contributed by atoms with Crippen LogP contribution in [0.25, 0.3) is 0 Å². The van der Waals surface area contributed by atoms with Crippen LogP contribution in [0.4, 0.5) is 4.79 Å². The summed E-state index contributed by atoms with van der Waals surface area (Å²) >= 11 is 0. The summed E-state index contributed by atoms with van der Waals surface area (Å²) in [5.41, 5.74) is 7.61. The normalized spacial score (nSPS) is 15.9. The zero-order chi connectivity index (χ0) is 28.3. The number of carbonyl (C=O) groups is 2. The van der Waals surface area contributed by atoms with Gasteiger partial charge in [0.05, 0.1) is 12.0 Å². The van der Waals surface area contributed by atoms with E-state index < -0.39 is 39.3 Å². The second-order valence-corrected chi connectivity index (χ2v) is 12.4. The average Bonchev–Trinajstić information content (AvgIpc) is 3.08. The number of guanidine groups is 1. The van der Waals surface area contributed by atoms with Gasteiger partial charge in [-0.15, -0.1) is 0 Å². The van der Waals surface area contributed by atoms with Crippen LogP contribution >= 0.6 is 0 Å². The van der Waals surface area contributed by atoms with Crippen LogP contribution in [0, 0.1) is 20.8 Å². The SMILES string of the molecule is COC(=O)[C@H](CCCN=C(N)NS(=O)(=O)c1c(C)c(C)c2c(c1C)CC(C)(C)O2)NC(=O)OC(C)(C)C. The third-order valence-corrected chi connectivity index (χ3v) is 7.54. The Hall–Kier alpha value is -3.02. The van der Waals surface area contributed by atoms with Crippen molar-refractivity contribution in [2.24, 2.45) is 10.7 Å². The molecule has 1 aromatic rings. The number of benzene rings is 1. The molecule has 0 fully saturated rings. The number of amides is 1. The molecule has 1 aromatic carbocycles. The molecule has 12 heteroatoms. The van der Waals surface area contributed by atoms with E-state index >= 15 is 0 Å². The van der Waals surface area contributed by atoms with E-state index in [0.29, 0.717) is 24.0 Å². The summed E-state index contributed by atoms with van der Waals surface area (Å²) in [6.45, 7) is 14.5. The lowest BCUT2D eigenvalue weighted by atomic mass is 9.94. The molecule has 1 heterocycles. The average molecular weight is 541 g/mol. The highest BCUT2D eigenvalue weighted by Gasteiger charge is 2.36. The van der Waals surface area contributed by atoms with Crippen LogP contribution in [0.15, 0.2) is 9.89 Å². The Morgan fingerprint density at radius 1 is 1.16 bits per heavy atom. The van der Waals surface area contributed by atoms with Crippen LogP contribution in [0.5, 0.6) is 5.75 Å². The smallest absolute Gasteiger partial charge is 0.408 e. The van der Waals surface area contributed by atoms with E-state index in [2.05, 4.69) is 15.0 Å². The number of hydrogen-bond donors (Lipinski definition) is 3. The maximum Gasteiger partial charge on any atom is 0.408 e. The van der Waals surface area contributed by atoms with Crippen molar-refractivity contribution in [2.75, 3.05) is 13.7 Å². The first-order valence-corrected chi connectivity index (χ1v) is 13.6. The summed E-state index contributed by atoms with van der Waals surface area (Å²) in [4.78, 5) is 28.3. The number of methoxy groups -OCH3 is 1. The number of alkyl carbamates (subject to hydrolysis) is 1. The first kappa shape index (κ1) is 30.2. The van der Waals surface area contributed by atoms with E-state index in [-0.39, 0.29) is 23.8 Å². The fourth-order valence-corrected chi connectivity index (χ4v) is 5.73. The largest absolute Gasteiger partial charge is 0.487 e. The number of ether oxygens (including phenoxy) is 3. The topological polar surface area (TPSA) is 158 Å². The Morgan fingerprint density at radius 2 is 1.78 bits per heavy atom. The lowest BCUT2D eigenvalue weighted by molar-refractivity contribution is -0.143. The number of sulfonamides is 1. The Labute approximate surface area is 219 Å². The molecule has 0 radical (unpaired) electrons. The van der Waals surface area contributed by atoms with Gasteiger partial charge in [0, 0.05) is 18.5 Å². The van der Waals surface area contributed by atoms with Gasteiger partial charge in [0.1, 0.15) is 23.0 Å². The Morgan fingerprint density at radius 3 is 2.35 bits per heavy atom. The first-order valence-electron chi connectivity index (χ1n) is 12.1. The lowest BCUT2D eigenvalue weighted by Gasteiger charge is -2.22. The standard InChI is InChI=1S/C25H40N4O7S/c1-14-15(2)20(16(3)17-13-25(7,8)35-19(14)17)37(32,33)29-22(26)27-12-10-11-18(21(30)34-9)28-23(31)36-24(4,5)6/h18H,10-13H2,1-9H3,(H,28,31)(H3,26,27,29)/t18-/m0/s1. The molecule has 208 valence electrons. The second kappa shape index (κ2) is 11.2. The molecule has 0 saturated heterocycles. The number of aliphatic imine (C=N–C) groups is 1. The van der Waals surface area contributed by atoms with Crippen molar-refractivity contribution in [2.45, 2.75) is 96.8 Å². The highest BCUT2D eigenvalue weighted by atomic mass is 32.2. The molecule has 1 amide bonds. The van der Waals surface area contributed by atoms with E-state index in [1.165, 1.54) is 7.11 Å². The van der Waals surface area contributed by atoms with Crippen LogP contribution in [0.3, 0.4) is 0 Å². The minimum absolute atomic E-state index is 0.112. The van der Waals surface area contributed by atoms with E-state index in [0.717, 1.165) is 16.9 Å². The van der Waals surface area contributed by atoms with Gasteiger partial charge in [-0.2, -0.15) is 0 Å². The summed E-state index contributed by atoms with van der Waals surface area (Å²) in [5, 5.41) is 2.48. The van der Waals surface area contributed by atoms with Gasteiger partial charge in [-0.25, -0.2) is 22.7 Å². The van der Waals surface area contributed by atoms with E-state index in [9.17, 15) is 18.0 Å². The predicted molar refractivity (Wildman–Crippen MR) is 140 cm³/mol. The van der Waals surface area contributed by atoms with Crippen LogP contribution in [-0.4, -0.2) is 57.3 Å². The van der Waals surface area contributed by atoms with Gasteiger partial charge in [0.25, 0.3) is 10.0 Å². The van der Waals surface area contributed by atoms with Gasteiger partial charge >= 0.3 is 12.1 Å². The molecule has 11 nitrogen and oxygen atoms in total. The van der Waals surface area contributed by atoms with Crippen molar-refractivity contribution in [3.63, 3.8) is 0 Å². The van der Waals surface area contributed by atoms with Crippen molar-refractivity contribution in [1.29, 1.82) is 0 Å². The molecular formula is C25H40N4O7S. The number of nitrogens with zero attached hydrogens (tertiary/aromatic N) is 1. The van der Waals surface area contributed by atoms with E-state index in [4.69, 9.17) is 19.9 Å². The van der Waals surface area contributed by atoms with Crippen molar-refractivity contribution >= 4 is 28.0 Å². The number of carbonyl (C=O) groups excluding carboxylic acids is 2. The van der Waals surface area contributed by atoms with Crippen molar-refractivity contribution in [3.8, 4) is 5.75 Å². The predicted octanol–water partition coefficient (Wildman–Crippen LogP) is 2.76. The number of nitrogens with one attached hydrogen (secondary N) is 2. The lowest BCUT2D eigenvalue weighted by Crippen LogP contribution is -2.44. The fourth-order valence-electron chi connectivity index (χ4n) is 4.20. The molecule has 0 unspecified atom stereocenters. The minimum Gasteiger partial charge on any atom is -0.487 e. The van der Waals surface area contributed by atoms with Crippen LogP contribution in [0.1, 0.15) is 69.7 Å². The molecule has 1 atom stereocenters. The quantitative estimate of drug-likeness (QED) is 0.196. The molecule has 1 aliphatic rings. The van der Waals surface area contributed by atoms with Gasteiger partial charge in [0.15, 0.2) is 0 Å². The number of rotatable bonds is 8. The van der Waals surface area contributed by atoms with Gasteiger partial charge in [-0.05, 0) is 84.9 Å².